The lowest BCUT2D eigenvalue weighted by Crippen LogP contribution is -2.09. The van der Waals surface area contributed by atoms with Crippen LogP contribution < -0.4 is 14.8 Å². The zero-order valence-corrected chi connectivity index (χ0v) is 19.7. The molecule has 0 aliphatic carbocycles. The molecule has 1 amide bonds. The van der Waals surface area contributed by atoms with Gasteiger partial charge in [0.1, 0.15) is 17.1 Å². The Bertz CT molecular complexity index is 1450. The fraction of sp³-hybridized carbons (Fsp3) is 0.148. The number of hydrogen-bond acceptors (Lipinski definition) is 6. The molecule has 4 rings (SSSR count). The van der Waals surface area contributed by atoms with E-state index in [2.05, 4.69) is 5.32 Å². The summed E-state index contributed by atoms with van der Waals surface area (Å²) in [5.74, 6) is 0.948. The number of benzene rings is 3. The van der Waals surface area contributed by atoms with Crippen LogP contribution in [0, 0.1) is 17.0 Å². The number of ether oxygens (including phenoxy) is 2. The van der Waals surface area contributed by atoms with Crippen molar-refractivity contribution in [3.63, 3.8) is 0 Å². The summed E-state index contributed by atoms with van der Waals surface area (Å²) >= 11 is 0. The van der Waals surface area contributed by atoms with Gasteiger partial charge in [0.2, 0.25) is 5.91 Å². The molecular weight excluding hydrogens is 448 g/mol. The van der Waals surface area contributed by atoms with E-state index in [0.717, 1.165) is 33.4 Å². The van der Waals surface area contributed by atoms with Crippen LogP contribution in [0.2, 0.25) is 0 Å². The zero-order valence-electron chi connectivity index (χ0n) is 19.7. The van der Waals surface area contributed by atoms with Crippen LogP contribution in [0.4, 0.5) is 11.4 Å². The van der Waals surface area contributed by atoms with Crippen molar-refractivity contribution in [1.29, 1.82) is 0 Å². The van der Waals surface area contributed by atoms with Crippen molar-refractivity contribution in [1.82, 2.24) is 0 Å². The number of nitro benzene ring substituents is 1. The lowest BCUT2D eigenvalue weighted by atomic mass is 9.96. The van der Waals surface area contributed by atoms with Crippen LogP contribution in [0.25, 0.3) is 27.7 Å². The molecule has 8 nitrogen and oxygen atoms in total. The highest BCUT2D eigenvalue weighted by atomic mass is 16.6. The van der Waals surface area contributed by atoms with Crippen LogP contribution in [0.15, 0.2) is 71.4 Å². The average molecular weight is 472 g/mol. The summed E-state index contributed by atoms with van der Waals surface area (Å²) < 4.78 is 16.8. The molecular formula is C27H24N2O6. The lowest BCUT2D eigenvalue weighted by molar-refractivity contribution is -0.384. The first-order valence-electron chi connectivity index (χ1n) is 10.8. The van der Waals surface area contributed by atoms with Gasteiger partial charge in [-0.2, -0.15) is 0 Å². The highest BCUT2D eigenvalue weighted by molar-refractivity contribution is 6.06. The maximum absolute atomic E-state index is 12.7. The molecule has 0 aliphatic rings. The van der Waals surface area contributed by atoms with E-state index in [1.54, 1.807) is 26.5 Å². The number of nitrogens with zero attached hydrogens (tertiary/aromatic N) is 1. The van der Waals surface area contributed by atoms with Gasteiger partial charge < -0.3 is 19.2 Å². The summed E-state index contributed by atoms with van der Waals surface area (Å²) in [5.41, 5.74) is 5.02. The molecule has 8 heteroatoms. The second-order valence-electron chi connectivity index (χ2n) is 7.96. The normalized spacial score (nSPS) is 11.4. The Hall–Kier alpha value is -4.59. The molecule has 0 aliphatic heterocycles. The van der Waals surface area contributed by atoms with E-state index < -0.39 is 10.8 Å². The Morgan fingerprint density at radius 2 is 1.83 bits per heavy atom. The summed E-state index contributed by atoms with van der Waals surface area (Å²) in [7, 11) is 3.19. The first-order valence-corrected chi connectivity index (χ1v) is 10.8. The predicted octanol–water partition coefficient (Wildman–Crippen LogP) is 6.38. The summed E-state index contributed by atoms with van der Waals surface area (Å²) in [6.45, 7) is 3.71. The summed E-state index contributed by atoms with van der Waals surface area (Å²) in [6, 6.07) is 15.4. The Morgan fingerprint density at radius 3 is 2.49 bits per heavy atom. The predicted molar refractivity (Wildman–Crippen MR) is 135 cm³/mol. The monoisotopic (exact) mass is 472 g/mol. The van der Waals surface area contributed by atoms with E-state index in [9.17, 15) is 14.9 Å². The van der Waals surface area contributed by atoms with Crippen molar-refractivity contribution < 1.29 is 23.6 Å². The number of nitro groups is 1. The van der Waals surface area contributed by atoms with Crippen LogP contribution in [-0.4, -0.2) is 25.1 Å². The minimum atomic E-state index is -0.509. The molecule has 1 heterocycles. The topological polar surface area (TPSA) is 104 Å². The third kappa shape index (κ3) is 4.72. The van der Waals surface area contributed by atoms with Gasteiger partial charge >= 0.3 is 0 Å². The quantitative estimate of drug-likeness (QED) is 0.190. The molecule has 0 spiro atoms. The molecule has 0 saturated carbocycles. The Kier molecular flexibility index (Phi) is 6.55. The number of methoxy groups -OCH3 is 2. The number of carbonyl (C=O) groups is 1. The van der Waals surface area contributed by atoms with Crippen LogP contribution in [-0.2, 0) is 4.79 Å². The largest absolute Gasteiger partial charge is 0.497 e. The number of aryl methyl sites for hydroxylation is 1. The first kappa shape index (κ1) is 23.6. The number of rotatable bonds is 7. The Balaban J connectivity index is 1.72. The fourth-order valence-corrected chi connectivity index (χ4v) is 4.02. The Labute approximate surface area is 201 Å². The second kappa shape index (κ2) is 9.72. The lowest BCUT2D eigenvalue weighted by Gasteiger charge is -2.13. The maximum atomic E-state index is 12.7. The van der Waals surface area contributed by atoms with Crippen LogP contribution in [0.3, 0.4) is 0 Å². The van der Waals surface area contributed by atoms with Gasteiger partial charge in [0, 0.05) is 46.0 Å². The SMILES string of the molecule is COc1ccc(-c2coc3c(C)c(OC)c(/C(C)=C/C(=O)Nc4cccc([N+](=O)[O-])c4)cc23)cc1. The highest BCUT2D eigenvalue weighted by Gasteiger charge is 2.19. The van der Waals surface area contributed by atoms with Crippen molar-refractivity contribution in [2.45, 2.75) is 13.8 Å². The van der Waals surface area contributed by atoms with E-state index in [0.29, 0.717) is 22.6 Å². The van der Waals surface area contributed by atoms with E-state index in [1.807, 2.05) is 44.2 Å². The molecule has 0 unspecified atom stereocenters. The molecule has 1 N–H and O–H groups in total. The number of anilines is 1. The van der Waals surface area contributed by atoms with E-state index in [1.165, 1.54) is 24.3 Å². The average Bonchev–Trinajstić information content (AvgIpc) is 3.28. The molecule has 1 aromatic heterocycles. The number of allylic oxidation sites excluding steroid dienone is 1. The molecule has 3 aromatic carbocycles. The van der Waals surface area contributed by atoms with Crippen molar-refractivity contribution in [3.05, 3.63) is 88.2 Å². The third-order valence-electron chi connectivity index (χ3n) is 5.75. The van der Waals surface area contributed by atoms with E-state index in [4.69, 9.17) is 13.9 Å². The molecule has 0 fully saturated rings. The standard InChI is InChI=1S/C27H24N2O6/c1-16(12-25(30)28-19-6-5-7-20(13-19)29(31)32)22-14-23-24(18-8-10-21(33-3)11-9-18)15-35-27(23)17(2)26(22)34-4/h5-15H,1-4H3,(H,28,30)/b16-12+. The number of furan rings is 1. The van der Waals surface area contributed by atoms with Crippen LogP contribution in [0.1, 0.15) is 18.1 Å². The van der Waals surface area contributed by atoms with Gasteiger partial charge in [-0.3, -0.25) is 14.9 Å². The van der Waals surface area contributed by atoms with E-state index in [-0.39, 0.29) is 5.69 Å². The van der Waals surface area contributed by atoms with Crippen molar-refractivity contribution >= 4 is 33.8 Å². The van der Waals surface area contributed by atoms with Gasteiger partial charge in [0.15, 0.2) is 0 Å². The minimum absolute atomic E-state index is 0.0998. The van der Waals surface area contributed by atoms with Crippen molar-refractivity contribution in [2.75, 3.05) is 19.5 Å². The first-order chi connectivity index (χ1) is 16.8. The Morgan fingerprint density at radius 1 is 1.09 bits per heavy atom. The molecule has 0 atom stereocenters. The molecule has 0 saturated heterocycles. The maximum Gasteiger partial charge on any atom is 0.271 e. The van der Waals surface area contributed by atoms with E-state index >= 15 is 0 Å². The number of non-ortho nitro benzene ring substituents is 1. The number of carbonyl (C=O) groups excluding carboxylic acids is 1. The second-order valence-corrected chi connectivity index (χ2v) is 7.96. The van der Waals surface area contributed by atoms with Crippen LogP contribution in [0.5, 0.6) is 11.5 Å². The van der Waals surface area contributed by atoms with Gasteiger partial charge in [-0.1, -0.05) is 18.2 Å². The van der Waals surface area contributed by atoms with Crippen molar-refractivity contribution in [2.24, 2.45) is 0 Å². The van der Waals surface area contributed by atoms with Crippen molar-refractivity contribution in [3.8, 4) is 22.6 Å². The zero-order chi connectivity index (χ0) is 25.1. The molecule has 0 bridgehead atoms. The smallest absolute Gasteiger partial charge is 0.271 e. The van der Waals surface area contributed by atoms with Gasteiger partial charge in [-0.05, 0) is 49.2 Å². The van der Waals surface area contributed by atoms with Gasteiger partial charge in [0.25, 0.3) is 5.69 Å². The summed E-state index contributed by atoms with van der Waals surface area (Å²) in [4.78, 5) is 23.2. The number of nitrogens with one attached hydrogen (secondary N) is 1. The van der Waals surface area contributed by atoms with Gasteiger partial charge in [0.05, 0.1) is 25.4 Å². The number of hydrogen-bond donors (Lipinski definition) is 1. The number of fused-ring (bicyclic) bond motifs is 1. The minimum Gasteiger partial charge on any atom is -0.497 e. The summed E-state index contributed by atoms with van der Waals surface area (Å²) in [5, 5.41) is 14.6. The fourth-order valence-electron chi connectivity index (χ4n) is 4.02. The van der Waals surface area contributed by atoms with Gasteiger partial charge in [-0.15, -0.1) is 0 Å². The molecule has 4 aromatic rings. The van der Waals surface area contributed by atoms with Crippen LogP contribution >= 0.6 is 0 Å². The molecule has 178 valence electrons. The number of amides is 1. The van der Waals surface area contributed by atoms with Gasteiger partial charge in [-0.25, -0.2) is 0 Å². The molecule has 35 heavy (non-hydrogen) atoms. The molecule has 0 radical (unpaired) electrons. The summed E-state index contributed by atoms with van der Waals surface area (Å²) in [6.07, 6.45) is 3.14. The highest BCUT2D eigenvalue weighted by Crippen LogP contribution is 2.40. The third-order valence-corrected chi connectivity index (χ3v) is 5.75.